The van der Waals surface area contributed by atoms with E-state index in [2.05, 4.69) is 10.2 Å². The van der Waals surface area contributed by atoms with Gasteiger partial charge in [-0.15, -0.1) is 0 Å². The molecule has 0 unspecified atom stereocenters. The molecule has 1 aromatic carbocycles. The van der Waals surface area contributed by atoms with Crippen LogP contribution in [-0.4, -0.2) is 31.1 Å². The molecular weight excluding hydrogens is 191 g/mol. The molecule has 15 heavy (non-hydrogen) atoms. The van der Waals surface area contributed by atoms with Crippen LogP contribution in [-0.2, 0) is 6.54 Å². The summed E-state index contributed by atoms with van der Waals surface area (Å²) in [6.45, 7) is 4.79. The van der Waals surface area contributed by atoms with Gasteiger partial charge in [0.15, 0.2) is 0 Å². The van der Waals surface area contributed by atoms with E-state index in [0.29, 0.717) is 0 Å². The molecule has 1 radical (unpaired) electrons. The second-order valence-electron chi connectivity index (χ2n) is 3.93. The van der Waals surface area contributed by atoms with Crippen molar-refractivity contribution >= 4 is 0 Å². The Labute approximate surface area is 90.1 Å². The van der Waals surface area contributed by atoms with E-state index in [0.717, 1.165) is 44.7 Å². The van der Waals surface area contributed by atoms with Crippen molar-refractivity contribution < 1.29 is 4.39 Å². The van der Waals surface area contributed by atoms with Gasteiger partial charge in [0.2, 0.25) is 0 Å². The quantitative estimate of drug-likeness (QED) is 0.720. The number of benzene rings is 1. The van der Waals surface area contributed by atoms with Crippen LogP contribution in [0.25, 0.3) is 0 Å². The van der Waals surface area contributed by atoms with Crippen LogP contribution in [0.3, 0.4) is 0 Å². The maximum absolute atomic E-state index is 13.0. The molecule has 81 valence electrons. The summed E-state index contributed by atoms with van der Waals surface area (Å²) < 4.78 is 13.0. The van der Waals surface area contributed by atoms with Crippen LogP contribution in [0, 0.1) is 5.82 Å². The first-order valence-corrected chi connectivity index (χ1v) is 5.45. The summed E-state index contributed by atoms with van der Waals surface area (Å²) >= 11 is 0. The zero-order valence-electron chi connectivity index (χ0n) is 8.82. The van der Waals surface area contributed by atoms with E-state index >= 15 is 0 Å². The van der Waals surface area contributed by atoms with Crippen LogP contribution >= 0.6 is 0 Å². The van der Waals surface area contributed by atoms with Gasteiger partial charge >= 0.3 is 0 Å². The Hall–Kier alpha value is -0.930. The van der Waals surface area contributed by atoms with Gasteiger partial charge in [-0.3, -0.25) is 4.90 Å². The molecule has 1 saturated heterocycles. The topological polar surface area (TPSA) is 17.3 Å². The predicted molar refractivity (Wildman–Crippen MR) is 58.2 cm³/mol. The average Bonchev–Trinajstić information content (AvgIpc) is 2.46. The third-order valence-electron chi connectivity index (χ3n) is 2.66. The van der Waals surface area contributed by atoms with E-state index in [9.17, 15) is 4.39 Å². The number of halogens is 1. The van der Waals surface area contributed by atoms with Crippen molar-refractivity contribution in [1.29, 1.82) is 0 Å². The van der Waals surface area contributed by atoms with Gasteiger partial charge in [0.25, 0.3) is 0 Å². The lowest BCUT2D eigenvalue weighted by Crippen LogP contribution is -2.26. The Kier molecular flexibility index (Phi) is 3.69. The maximum atomic E-state index is 13.0. The second-order valence-corrected chi connectivity index (χ2v) is 3.93. The maximum Gasteiger partial charge on any atom is 0.123 e. The SMILES string of the molecule is Fc1cccc(CN2CCC[N]CC2)c1. The van der Waals surface area contributed by atoms with Crippen molar-refractivity contribution in [2.75, 3.05) is 26.2 Å². The van der Waals surface area contributed by atoms with E-state index in [1.165, 1.54) is 6.07 Å². The highest BCUT2D eigenvalue weighted by Crippen LogP contribution is 2.08. The van der Waals surface area contributed by atoms with E-state index < -0.39 is 0 Å². The van der Waals surface area contributed by atoms with Crippen LogP contribution in [0.4, 0.5) is 4.39 Å². The van der Waals surface area contributed by atoms with Crippen molar-refractivity contribution in [3.8, 4) is 0 Å². The molecule has 1 aliphatic rings. The molecule has 1 aromatic rings. The molecule has 2 rings (SSSR count). The molecule has 0 spiro atoms. The lowest BCUT2D eigenvalue weighted by Gasteiger charge is -2.19. The molecule has 1 heterocycles. The minimum absolute atomic E-state index is 0.146. The minimum atomic E-state index is -0.146. The molecule has 0 aromatic heterocycles. The molecule has 2 nitrogen and oxygen atoms in total. The second kappa shape index (κ2) is 5.24. The summed E-state index contributed by atoms with van der Waals surface area (Å²) in [6.07, 6.45) is 1.12. The first kappa shape index (κ1) is 10.6. The Morgan fingerprint density at radius 3 is 3.07 bits per heavy atom. The monoisotopic (exact) mass is 207 g/mol. The van der Waals surface area contributed by atoms with Crippen molar-refractivity contribution in [3.63, 3.8) is 0 Å². The average molecular weight is 207 g/mol. The molecule has 0 saturated carbocycles. The van der Waals surface area contributed by atoms with E-state index in [1.54, 1.807) is 12.1 Å². The normalized spacial score (nSPS) is 18.7. The van der Waals surface area contributed by atoms with E-state index in [-0.39, 0.29) is 5.82 Å². The lowest BCUT2D eigenvalue weighted by molar-refractivity contribution is 0.284. The Morgan fingerprint density at radius 1 is 1.27 bits per heavy atom. The van der Waals surface area contributed by atoms with Gasteiger partial charge in [0, 0.05) is 26.2 Å². The fraction of sp³-hybridized carbons (Fsp3) is 0.500. The third-order valence-corrected chi connectivity index (χ3v) is 2.66. The van der Waals surface area contributed by atoms with Crippen LogP contribution < -0.4 is 5.32 Å². The fourth-order valence-corrected chi connectivity index (χ4v) is 1.89. The molecule has 0 N–H and O–H groups in total. The molecule has 3 heteroatoms. The largest absolute Gasteiger partial charge is 0.298 e. The van der Waals surface area contributed by atoms with Gasteiger partial charge in [0.1, 0.15) is 5.82 Å². The molecule has 0 amide bonds. The predicted octanol–water partition coefficient (Wildman–Crippen LogP) is 1.64. The number of hydrogen-bond acceptors (Lipinski definition) is 1. The first-order chi connectivity index (χ1) is 7.34. The molecular formula is C12H16FN2. The highest BCUT2D eigenvalue weighted by molar-refractivity contribution is 5.16. The summed E-state index contributed by atoms with van der Waals surface area (Å²) in [7, 11) is 0. The van der Waals surface area contributed by atoms with Gasteiger partial charge in [-0.1, -0.05) is 12.1 Å². The summed E-state index contributed by atoms with van der Waals surface area (Å²) in [5, 5.41) is 4.36. The Balaban J connectivity index is 1.95. The molecule has 1 fully saturated rings. The molecule has 1 aliphatic heterocycles. The molecule has 0 atom stereocenters. The van der Waals surface area contributed by atoms with Gasteiger partial charge in [-0.05, 0) is 30.7 Å². The van der Waals surface area contributed by atoms with Crippen molar-refractivity contribution in [3.05, 3.63) is 35.6 Å². The fourth-order valence-electron chi connectivity index (χ4n) is 1.89. The Morgan fingerprint density at radius 2 is 2.20 bits per heavy atom. The number of rotatable bonds is 2. The van der Waals surface area contributed by atoms with Gasteiger partial charge < -0.3 is 0 Å². The number of nitrogens with zero attached hydrogens (tertiary/aromatic N) is 2. The van der Waals surface area contributed by atoms with Gasteiger partial charge in [-0.2, -0.15) is 0 Å². The Bertz CT molecular complexity index is 306. The van der Waals surface area contributed by atoms with Crippen LogP contribution in [0.2, 0.25) is 0 Å². The smallest absolute Gasteiger partial charge is 0.123 e. The minimum Gasteiger partial charge on any atom is -0.298 e. The highest BCUT2D eigenvalue weighted by Gasteiger charge is 2.09. The molecule has 0 aliphatic carbocycles. The summed E-state index contributed by atoms with van der Waals surface area (Å²) in [5.74, 6) is -0.146. The number of hydrogen-bond donors (Lipinski definition) is 0. The summed E-state index contributed by atoms with van der Waals surface area (Å²) in [5.41, 5.74) is 1.05. The zero-order chi connectivity index (χ0) is 10.5. The van der Waals surface area contributed by atoms with Crippen molar-refractivity contribution in [1.82, 2.24) is 10.2 Å². The van der Waals surface area contributed by atoms with Crippen molar-refractivity contribution in [2.45, 2.75) is 13.0 Å². The zero-order valence-corrected chi connectivity index (χ0v) is 8.82. The third kappa shape index (κ3) is 3.29. The van der Waals surface area contributed by atoms with Crippen LogP contribution in [0.15, 0.2) is 24.3 Å². The first-order valence-electron chi connectivity index (χ1n) is 5.45. The van der Waals surface area contributed by atoms with Crippen LogP contribution in [0.1, 0.15) is 12.0 Å². The van der Waals surface area contributed by atoms with E-state index in [4.69, 9.17) is 0 Å². The van der Waals surface area contributed by atoms with Gasteiger partial charge in [-0.25, -0.2) is 9.71 Å². The van der Waals surface area contributed by atoms with Gasteiger partial charge in [0.05, 0.1) is 0 Å². The van der Waals surface area contributed by atoms with Crippen LogP contribution in [0.5, 0.6) is 0 Å². The highest BCUT2D eigenvalue weighted by atomic mass is 19.1. The summed E-state index contributed by atoms with van der Waals surface area (Å²) in [6, 6.07) is 6.85. The standard InChI is InChI=1S/C12H16FN2/c13-12-4-1-3-11(9-12)10-15-7-2-5-14-6-8-15/h1,3-4,9H,2,5-8,10H2. The van der Waals surface area contributed by atoms with Crippen molar-refractivity contribution in [2.24, 2.45) is 0 Å². The molecule has 0 bridgehead atoms. The van der Waals surface area contributed by atoms with E-state index in [1.807, 2.05) is 6.07 Å². The lowest BCUT2D eigenvalue weighted by atomic mass is 10.2. The summed E-state index contributed by atoms with van der Waals surface area (Å²) in [4.78, 5) is 2.34.